The summed E-state index contributed by atoms with van der Waals surface area (Å²) < 4.78 is 6.94. The van der Waals surface area contributed by atoms with Crippen LogP contribution in [0.25, 0.3) is 21.0 Å². The Bertz CT molecular complexity index is 1110. The molecule has 2 N–H and O–H groups in total. The molecule has 0 bridgehead atoms. The minimum absolute atomic E-state index is 0.154. The van der Waals surface area contributed by atoms with E-state index in [9.17, 15) is 9.59 Å². The van der Waals surface area contributed by atoms with E-state index in [1.54, 1.807) is 35.6 Å². The van der Waals surface area contributed by atoms with Crippen molar-refractivity contribution in [2.24, 2.45) is 0 Å². The minimum Gasteiger partial charge on any atom is -0.457 e. The number of para-hydroxylation sites is 1. The summed E-state index contributed by atoms with van der Waals surface area (Å²) in [6.07, 6.45) is 0. The number of carbonyl (C=O) groups excluding carboxylic acids is 2. The summed E-state index contributed by atoms with van der Waals surface area (Å²) in [5, 5.41) is 6.31. The molecular weight excluding hydrogens is 374 g/mol. The number of benzene rings is 2. The van der Waals surface area contributed by atoms with Gasteiger partial charge in [0.2, 0.25) is 5.91 Å². The Labute approximate surface area is 165 Å². The monoisotopic (exact) mass is 391 g/mol. The third-order valence-electron chi connectivity index (χ3n) is 4.06. The number of anilines is 1. The van der Waals surface area contributed by atoms with Crippen molar-refractivity contribution in [3.8, 4) is 10.8 Å². The van der Waals surface area contributed by atoms with Crippen LogP contribution in [0.4, 0.5) is 5.69 Å². The predicted molar refractivity (Wildman–Crippen MR) is 109 cm³/mol. The average Bonchev–Trinajstić information content (AvgIpc) is 3.33. The van der Waals surface area contributed by atoms with Crippen LogP contribution in [0, 0.1) is 0 Å². The first-order valence-electron chi connectivity index (χ1n) is 8.69. The second-order valence-electron chi connectivity index (χ2n) is 6.19. The molecule has 4 aromatic rings. The number of amides is 2. The molecule has 0 aliphatic heterocycles. The number of aromatic nitrogens is 1. The number of thiazole rings is 1. The van der Waals surface area contributed by atoms with E-state index in [0.29, 0.717) is 22.8 Å². The lowest BCUT2D eigenvalue weighted by Crippen LogP contribution is -2.22. The third-order valence-corrected chi connectivity index (χ3v) is 5.11. The summed E-state index contributed by atoms with van der Waals surface area (Å²) in [5.41, 5.74) is 2.10. The zero-order chi connectivity index (χ0) is 19.5. The molecule has 140 valence electrons. The number of nitrogens with zero attached hydrogens (tertiary/aromatic N) is 1. The van der Waals surface area contributed by atoms with Gasteiger partial charge in [0.1, 0.15) is 5.76 Å². The van der Waals surface area contributed by atoms with Crippen LogP contribution in [0.1, 0.15) is 23.0 Å². The van der Waals surface area contributed by atoms with E-state index in [-0.39, 0.29) is 18.4 Å². The van der Waals surface area contributed by atoms with Crippen molar-refractivity contribution in [2.45, 2.75) is 13.5 Å². The normalized spacial score (nSPS) is 10.8. The zero-order valence-electron chi connectivity index (χ0n) is 15.1. The van der Waals surface area contributed by atoms with Crippen LogP contribution in [-0.4, -0.2) is 16.8 Å². The predicted octanol–water partition coefficient (Wildman–Crippen LogP) is 4.44. The molecule has 2 heterocycles. The van der Waals surface area contributed by atoms with Gasteiger partial charge < -0.3 is 15.1 Å². The van der Waals surface area contributed by atoms with Crippen molar-refractivity contribution in [1.82, 2.24) is 10.3 Å². The molecule has 0 spiro atoms. The molecule has 28 heavy (non-hydrogen) atoms. The lowest BCUT2D eigenvalue weighted by molar-refractivity contribution is -0.114. The first-order chi connectivity index (χ1) is 13.6. The maximum absolute atomic E-state index is 12.3. The standard InChI is InChI=1S/C21H17N3O3S/c1-13(25)23-15-8-6-14(7-9-15)20(26)22-12-16-10-11-18(27-16)21-24-17-4-2-3-5-19(17)28-21/h2-11H,12H2,1H3,(H,22,26)(H,23,25). The second kappa shape index (κ2) is 7.66. The van der Waals surface area contributed by atoms with E-state index in [2.05, 4.69) is 15.6 Å². The second-order valence-corrected chi connectivity index (χ2v) is 7.22. The molecule has 0 atom stereocenters. The van der Waals surface area contributed by atoms with Gasteiger partial charge in [-0.05, 0) is 48.5 Å². The summed E-state index contributed by atoms with van der Waals surface area (Å²) in [6.45, 7) is 1.71. The van der Waals surface area contributed by atoms with Crippen molar-refractivity contribution in [2.75, 3.05) is 5.32 Å². The molecule has 0 fully saturated rings. The smallest absolute Gasteiger partial charge is 0.251 e. The van der Waals surface area contributed by atoms with Gasteiger partial charge >= 0.3 is 0 Å². The molecular formula is C21H17N3O3S. The fourth-order valence-electron chi connectivity index (χ4n) is 2.74. The summed E-state index contributed by atoms with van der Waals surface area (Å²) in [6, 6.07) is 18.3. The Morgan fingerprint density at radius 2 is 1.82 bits per heavy atom. The fourth-order valence-corrected chi connectivity index (χ4v) is 3.67. The van der Waals surface area contributed by atoms with E-state index in [0.717, 1.165) is 15.2 Å². The molecule has 4 rings (SSSR count). The van der Waals surface area contributed by atoms with Gasteiger partial charge in [-0.3, -0.25) is 9.59 Å². The molecule has 0 unspecified atom stereocenters. The highest BCUT2D eigenvalue weighted by Gasteiger charge is 2.12. The van der Waals surface area contributed by atoms with Crippen molar-refractivity contribution < 1.29 is 14.0 Å². The molecule has 7 heteroatoms. The fraction of sp³-hybridized carbons (Fsp3) is 0.0952. The van der Waals surface area contributed by atoms with Gasteiger partial charge in [-0.25, -0.2) is 4.98 Å². The SMILES string of the molecule is CC(=O)Nc1ccc(C(=O)NCc2ccc(-c3nc4ccccc4s3)o2)cc1. The number of carbonyl (C=O) groups is 2. The molecule has 0 radical (unpaired) electrons. The van der Waals surface area contributed by atoms with E-state index < -0.39 is 0 Å². The van der Waals surface area contributed by atoms with Crippen molar-refractivity contribution >= 4 is 39.1 Å². The van der Waals surface area contributed by atoms with Crippen LogP contribution >= 0.6 is 11.3 Å². The third kappa shape index (κ3) is 3.94. The number of rotatable bonds is 5. The highest BCUT2D eigenvalue weighted by molar-refractivity contribution is 7.21. The first-order valence-corrected chi connectivity index (χ1v) is 9.50. The van der Waals surface area contributed by atoms with Gasteiger partial charge in [-0.1, -0.05) is 12.1 Å². The molecule has 0 saturated heterocycles. The van der Waals surface area contributed by atoms with Crippen LogP contribution in [0.2, 0.25) is 0 Å². The van der Waals surface area contributed by atoms with Gasteiger partial charge in [0, 0.05) is 18.2 Å². The van der Waals surface area contributed by atoms with Crippen molar-refractivity contribution in [3.05, 3.63) is 72.0 Å². The molecule has 0 saturated carbocycles. The molecule has 0 aliphatic carbocycles. The minimum atomic E-state index is -0.215. The number of nitrogens with one attached hydrogen (secondary N) is 2. The van der Waals surface area contributed by atoms with Gasteiger partial charge in [0.05, 0.1) is 16.8 Å². The molecule has 6 nitrogen and oxygen atoms in total. The van der Waals surface area contributed by atoms with Crippen molar-refractivity contribution in [3.63, 3.8) is 0 Å². The van der Waals surface area contributed by atoms with E-state index >= 15 is 0 Å². The van der Waals surface area contributed by atoms with Crippen LogP contribution in [0.15, 0.2) is 65.1 Å². The van der Waals surface area contributed by atoms with Gasteiger partial charge in [0.15, 0.2) is 10.8 Å². The Morgan fingerprint density at radius 3 is 2.57 bits per heavy atom. The van der Waals surface area contributed by atoms with Crippen LogP contribution in [-0.2, 0) is 11.3 Å². The summed E-state index contributed by atoms with van der Waals surface area (Å²) in [4.78, 5) is 27.9. The number of furan rings is 1. The van der Waals surface area contributed by atoms with E-state index in [4.69, 9.17) is 4.42 Å². The number of fused-ring (bicyclic) bond motifs is 1. The van der Waals surface area contributed by atoms with Crippen LogP contribution < -0.4 is 10.6 Å². The number of hydrogen-bond donors (Lipinski definition) is 2. The molecule has 2 aromatic heterocycles. The molecule has 2 aromatic carbocycles. The van der Waals surface area contributed by atoms with Crippen LogP contribution in [0.3, 0.4) is 0 Å². The van der Waals surface area contributed by atoms with E-state index in [1.165, 1.54) is 6.92 Å². The Kier molecular flexibility index (Phi) is 4.90. The summed E-state index contributed by atoms with van der Waals surface area (Å²) in [5.74, 6) is 0.967. The Morgan fingerprint density at radius 1 is 1.04 bits per heavy atom. The summed E-state index contributed by atoms with van der Waals surface area (Å²) >= 11 is 1.57. The topological polar surface area (TPSA) is 84.2 Å². The Hall–Kier alpha value is -3.45. The average molecular weight is 391 g/mol. The maximum Gasteiger partial charge on any atom is 0.251 e. The van der Waals surface area contributed by atoms with Crippen LogP contribution in [0.5, 0.6) is 0 Å². The van der Waals surface area contributed by atoms with Gasteiger partial charge in [0.25, 0.3) is 5.91 Å². The van der Waals surface area contributed by atoms with Crippen molar-refractivity contribution in [1.29, 1.82) is 0 Å². The quantitative estimate of drug-likeness (QED) is 0.527. The highest BCUT2D eigenvalue weighted by Crippen LogP contribution is 2.31. The van der Waals surface area contributed by atoms with E-state index in [1.807, 2.05) is 36.4 Å². The molecule has 2 amide bonds. The highest BCUT2D eigenvalue weighted by atomic mass is 32.1. The number of hydrogen-bond acceptors (Lipinski definition) is 5. The van der Waals surface area contributed by atoms with Gasteiger partial charge in [-0.15, -0.1) is 11.3 Å². The zero-order valence-corrected chi connectivity index (χ0v) is 15.9. The maximum atomic E-state index is 12.3. The Balaban J connectivity index is 1.40. The largest absolute Gasteiger partial charge is 0.457 e. The first kappa shape index (κ1) is 17.9. The summed E-state index contributed by atoms with van der Waals surface area (Å²) in [7, 11) is 0. The lowest BCUT2D eigenvalue weighted by Gasteiger charge is -2.05. The lowest BCUT2D eigenvalue weighted by atomic mass is 10.2. The molecule has 0 aliphatic rings. The van der Waals surface area contributed by atoms with Gasteiger partial charge in [-0.2, -0.15) is 0 Å².